The van der Waals surface area contributed by atoms with E-state index in [1.165, 1.54) is 12.1 Å². The highest BCUT2D eigenvalue weighted by Crippen LogP contribution is 2.29. The molecule has 2 aromatic rings. The van der Waals surface area contributed by atoms with E-state index in [9.17, 15) is 13.9 Å². The van der Waals surface area contributed by atoms with E-state index in [2.05, 4.69) is 15.9 Å². The molecule has 0 amide bonds. The fraction of sp³-hybridized carbons (Fsp3) is 0.250. The highest BCUT2D eigenvalue weighted by Gasteiger charge is 2.31. The summed E-state index contributed by atoms with van der Waals surface area (Å²) in [5.74, 6) is -1.35. The normalized spacial score (nSPS) is 14.0. The van der Waals surface area contributed by atoms with Crippen molar-refractivity contribution in [3.63, 3.8) is 0 Å². The van der Waals surface area contributed by atoms with Crippen LogP contribution in [0.5, 0.6) is 0 Å². The van der Waals surface area contributed by atoms with Gasteiger partial charge in [-0.1, -0.05) is 28.1 Å². The smallest absolute Gasteiger partial charge is 0.126 e. The molecule has 0 aliphatic heterocycles. The van der Waals surface area contributed by atoms with Crippen molar-refractivity contribution in [2.45, 2.75) is 11.8 Å². The molecule has 5 heteroatoms. The Kier molecular flexibility index (Phi) is 5.08. The van der Waals surface area contributed by atoms with Crippen LogP contribution in [0, 0.1) is 11.6 Å². The molecular formula is C16H16BrF2NO. The van der Waals surface area contributed by atoms with Gasteiger partial charge in [-0.3, -0.25) is 0 Å². The van der Waals surface area contributed by atoms with E-state index < -0.39 is 17.0 Å². The van der Waals surface area contributed by atoms with E-state index in [0.29, 0.717) is 12.0 Å². The Morgan fingerprint density at radius 2 is 1.62 bits per heavy atom. The summed E-state index contributed by atoms with van der Waals surface area (Å²) in [4.78, 5) is 0. The largest absolute Gasteiger partial charge is 0.395 e. The molecule has 0 aliphatic carbocycles. The standard InChI is InChI=1S/C16H16BrF2NO/c17-13-3-1-11(2-4-13)8-16(9-20,10-21)12-5-14(18)7-15(19)6-12/h1-7,21H,8-10,20H2. The minimum Gasteiger partial charge on any atom is -0.395 e. The van der Waals surface area contributed by atoms with Gasteiger partial charge in [-0.05, 0) is 41.8 Å². The first-order valence-corrected chi connectivity index (χ1v) is 7.30. The van der Waals surface area contributed by atoms with E-state index in [4.69, 9.17) is 5.73 Å². The summed E-state index contributed by atoms with van der Waals surface area (Å²) in [6, 6.07) is 10.8. The van der Waals surface area contributed by atoms with E-state index in [-0.39, 0.29) is 13.2 Å². The molecule has 0 saturated carbocycles. The number of aliphatic hydroxyl groups is 1. The molecule has 3 N–H and O–H groups in total. The highest BCUT2D eigenvalue weighted by atomic mass is 79.9. The van der Waals surface area contributed by atoms with Crippen LogP contribution in [0.4, 0.5) is 8.78 Å². The third kappa shape index (κ3) is 3.67. The van der Waals surface area contributed by atoms with Crippen LogP contribution in [-0.2, 0) is 11.8 Å². The van der Waals surface area contributed by atoms with E-state index in [1.807, 2.05) is 24.3 Å². The summed E-state index contributed by atoms with van der Waals surface area (Å²) in [7, 11) is 0. The van der Waals surface area contributed by atoms with Crippen LogP contribution < -0.4 is 5.73 Å². The van der Waals surface area contributed by atoms with Gasteiger partial charge in [0.25, 0.3) is 0 Å². The van der Waals surface area contributed by atoms with Crippen molar-refractivity contribution < 1.29 is 13.9 Å². The topological polar surface area (TPSA) is 46.2 Å². The lowest BCUT2D eigenvalue weighted by molar-refractivity contribution is 0.195. The lowest BCUT2D eigenvalue weighted by Crippen LogP contribution is -2.41. The molecule has 0 aliphatic rings. The minimum absolute atomic E-state index is 0.0858. The van der Waals surface area contributed by atoms with Gasteiger partial charge in [-0.2, -0.15) is 0 Å². The van der Waals surface area contributed by atoms with Crippen molar-refractivity contribution in [3.05, 3.63) is 69.7 Å². The lowest BCUT2D eigenvalue weighted by Gasteiger charge is -2.31. The highest BCUT2D eigenvalue weighted by molar-refractivity contribution is 9.10. The summed E-state index contributed by atoms with van der Waals surface area (Å²) in [5.41, 5.74) is 6.21. The maximum absolute atomic E-state index is 13.5. The van der Waals surface area contributed by atoms with Crippen molar-refractivity contribution in [1.82, 2.24) is 0 Å². The molecule has 1 atom stereocenters. The quantitative estimate of drug-likeness (QED) is 0.865. The molecule has 0 radical (unpaired) electrons. The number of hydrogen-bond acceptors (Lipinski definition) is 2. The predicted octanol–water partition coefficient (Wildman–Crippen LogP) is 3.16. The molecule has 0 heterocycles. The third-order valence-corrected chi connectivity index (χ3v) is 4.15. The Morgan fingerprint density at radius 3 is 2.10 bits per heavy atom. The van der Waals surface area contributed by atoms with E-state index in [1.54, 1.807) is 0 Å². The zero-order chi connectivity index (χ0) is 15.5. The van der Waals surface area contributed by atoms with Crippen LogP contribution in [0.15, 0.2) is 46.9 Å². The molecule has 0 spiro atoms. The van der Waals surface area contributed by atoms with Gasteiger partial charge < -0.3 is 10.8 Å². The van der Waals surface area contributed by atoms with Crippen molar-refractivity contribution in [1.29, 1.82) is 0 Å². The van der Waals surface area contributed by atoms with Gasteiger partial charge in [0.1, 0.15) is 11.6 Å². The maximum Gasteiger partial charge on any atom is 0.126 e. The molecule has 112 valence electrons. The number of nitrogens with two attached hydrogens (primary N) is 1. The minimum atomic E-state index is -0.906. The molecule has 2 nitrogen and oxygen atoms in total. The molecular weight excluding hydrogens is 340 g/mol. The van der Waals surface area contributed by atoms with Crippen LogP contribution >= 0.6 is 15.9 Å². The molecule has 2 rings (SSSR count). The third-order valence-electron chi connectivity index (χ3n) is 3.62. The van der Waals surface area contributed by atoms with Gasteiger partial charge in [0, 0.05) is 22.5 Å². The average Bonchev–Trinajstić information content (AvgIpc) is 2.46. The van der Waals surface area contributed by atoms with Crippen molar-refractivity contribution in [2.75, 3.05) is 13.2 Å². The number of halogens is 3. The molecule has 0 bridgehead atoms. The number of hydrogen-bond donors (Lipinski definition) is 2. The Bertz CT molecular complexity index is 592. The maximum atomic E-state index is 13.5. The second-order valence-electron chi connectivity index (χ2n) is 5.10. The fourth-order valence-corrected chi connectivity index (χ4v) is 2.62. The summed E-state index contributed by atoms with van der Waals surface area (Å²) in [6.07, 6.45) is 0.399. The van der Waals surface area contributed by atoms with Gasteiger partial charge in [-0.25, -0.2) is 8.78 Å². The molecule has 0 saturated heterocycles. The zero-order valence-electron chi connectivity index (χ0n) is 11.3. The molecule has 0 fully saturated rings. The summed E-state index contributed by atoms with van der Waals surface area (Å²) in [5, 5.41) is 9.79. The van der Waals surface area contributed by atoms with E-state index in [0.717, 1.165) is 16.1 Å². The monoisotopic (exact) mass is 355 g/mol. The van der Waals surface area contributed by atoms with Crippen molar-refractivity contribution in [2.24, 2.45) is 5.73 Å². The first kappa shape index (κ1) is 16.1. The van der Waals surface area contributed by atoms with Gasteiger partial charge in [-0.15, -0.1) is 0 Å². The van der Waals surface area contributed by atoms with Crippen LogP contribution in [-0.4, -0.2) is 18.3 Å². The average molecular weight is 356 g/mol. The Hall–Kier alpha value is -1.30. The molecule has 2 aromatic carbocycles. The summed E-state index contributed by atoms with van der Waals surface area (Å²) >= 11 is 3.35. The SMILES string of the molecule is NCC(CO)(Cc1ccc(Br)cc1)c1cc(F)cc(F)c1. The first-order chi connectivity index (χ1) is 9.99. The van der Waals surface area contributed by atoms with E-state index >= 15 is 0 Å². The molecule has 21 heavy (non-hydrogen) atoms. The van der Waals surface area contributed by atoms with Gasteiger partial charge in [0.2, 0.25) is 0 Å². The van der Waals surface area contributed by atoms with Crippen molar-refractivity contribution in [3.8, 4) is 0 Å². The molecule has 0 aromatic heterocycles. The second-order valence-corrected chi connectivity index (χ2v) is 6.02. The Morgan fingerprint density at radius 1 is 1.05 bits per heavy atom. The van der Waals surface area contributed by atoms with Crippen molar-refractivity contribution >= 4 is 15.9 Å². The van der Waals surface area contributed by atoms with Crippen LogP contribution in [0.1, 0.15) is 11.1 Å². The Balaban J connectivity index is 2.41. The number of benzene rings is 2. The predicted molar refractivity (Wildman–Crippen MR) is 82.0 cm³/mol. The fourth-order valence-electron chi connectivity index (χ4n) is 2.36. The zero-order valence-corrected chi connectivity index (χ0v) is 12.9. The molecule has 1 unspecified atom stereocenters. The van der Waals surface area contributed by atoms with Crippen LogP contribution in [0.3, 0.4) is 0 Å². The number of aliphatic hydroxyl groups excluding tert-OH is 1. The lowest BCUT2D eigenvalue weighted by atomic mass is 9.76. The van der Waals surface area contributed by atoms with Gasteiger partial charge >= 0.3 is 0 Å². The van der Waals surface area contributed by atoms with Crippen LogP contribution in [0.25, 0.3) is 0 Å². The Labute approximate surface area is 130 Å². The number of rotatable bonds is 5. The second kappa shape index (κ2) is 6.64. The summed E-state index contributed by atoms with van der Waals surface area (Å²) in [6.45, 7) is -0.203. The van der Waals surface area contributed by atoms with Gasteiger partial charge in [0.05, 0.1) is 6.61 Å². The first-order valence-electron chi connectivity index (χ1n) is 6.51. The van der Waals surface area contributed by atoms with Gasteiger partial charge in [0.15, 0.2) is 0 Å². The van der Waals surface area contributed by atoms with Crippen LogP contribution in [0.2, 0.25) is 0 Å². The summed E-state index contributed by atoms with van der Waals surface area (Å²) < 4.78 is 27.8.